The second-order valence-electron chi connectivity index (χ2n) is 4.74. The maximum absolute atomic E-state index is 11.8. The van der Waals surface area contributed by atoms with Gasteiger partial charge in [-0.3, -0.25) is 0 Å². The second-order valence-corrected chi connectivity index (χ2v) is 6.54. The van der Waals surface area contributed by atoms with Gasteiger partial charge in [-0.1, -0.05) is 12.8 Å². The van der Waals surface area contributed by atoms with Crippen LogP contribution in [0.3, 0.4) is 0 Å². The summed E-state index contributed by atoms with van der Waals surface area (Å²) in [6.45, 7) is 1.71. The predicted octanol–water partition coefficient (Wildman–Crippen LogP) is 0.458. The van der Waals surface area contributed by atoms with E-state index in [-0.39, 0.29) is 6.04 Å². The molecular weight excluding hydrogens is 212 g/mol. The first-order chi connectivity index (χ1) is 7.16. The summed E-state index contributed by atoms with van der Waals surface area (Å²) in [7, 11) is -3.04. The van der Waals surface area contributed by atoms with Crippen LogP contribution in [0.15, 0.2) is 0 Å². The molecule has 1 aliphatic carbocycles. The highest BCUT2D eigenvalue weighted by molar-refractivity contribution is 7.89. The van der Waals surface area contributed by atoms with E-state index < -0.39 is 10.0 Å². The average Bonchev–Trinajstić information content (AvgIpc) is 2.75. The molecule has 1 aliphatic heterocycles. The van der Waals surface area contributed by atoms with E-state index in [1.54, 1.807) is 0 Å². The zero-order valence-corrected chi connectivity index (χ0v) is 9.85. The van der Waals surface area contributed by atoms with Crippen LogP contribution in [0.25, 0.3) is 0 Å². The Kier molecular flexibility index (Phi) is 3.64. The summed E-state index contributed by atoms with van der Waals surface area (Å²) >= 11 is 0. The first-order valence-corrected chi connectivity index (χ1v) is 7.52. The molecular formula is C10H20N2O2S. The molecule has 0 radical (unpaired) electrons. The molecule has 2 rings (SSSR count). The molecule has 5 heteroatoms. The third kappa shape index (κ3) is 3.43. The van der Waals surface area contributed by atoms with E-state index in [1.165, 1.54) is 12.8 Å². The first-order valence-electron chi connectivity index (χ1n) is 5.86. The van der Waals surface area contributed by atoms with Crippen molar-refractivity contribution in [2.45, 2.75) is 38.1 Å². The monoisotopic (exact) mass is 232 g/mol. The van der Waals surface area contributed by atoms with Gasteiger partial charge in [0, 0.05) is 12.6 Å². The molecule has 1 saturated heterocycles. The minimum atomic E-state index is -3.04. The maximum Gasteiger partial charge on any atom is 0.212 e. The topological polar surface area (TPSA) is 58.2 Å². The van der Waals surface area contributed by atoms with Gasteiger partial charge < -0.3 is 5.32 Å². The van der Waals surface area contributed by atoms with Crippen molar-refractivity contribution in [2.75, 3.05) is 18.8 Å². The van der Waals surface area contributed by atoms with Crippen LogP contribution in [0, 0.1) is 5.92 Å². The molecule has 1 saturated carbocycles. The van der Waals surface area contributed by atoms with Crippen molar-refractivity contribution >= 4 is 10.0 Å². The molecule has 4 nitrogen and oxygen atoms in total. The highest BCUT2D eigenvalue weighted by atomic mass is 32.2. The Bertz CT molecular complexity index is 267. The number of nitrogens with one attached hydrogen (secondary N) is 2. The van der Waals surface area contributed by atoms with Crippen molar-refractivity contribution in [3.05, 3.63) is 0 Å². The van der Waals surface area contributed by atoms with Crippen LogP contribution in [0.2, 0.25) is 0 Å². The van der Waals surface area contributed by atoms with Crippen LogP contribution >= 0.6 is 0 Å². The van der Waals surface area contributed by atoms with Gasteiger partial charge in [0.1, 0.15) is 0 Å². The van der Waals surface area contributed by atoms with E-state index in [0.717, 1.165) is 32.4 Å². The molecule has 0 amide bonds. The van der Waals surface area contributed by atoms with Crippen LogP contribution in [0.5, 0.6) is 0 Å². The van der Waals surface area contributed by atoms with Gasteiger partial charge in [0.15, 0.2) is 0 Å². The highest BCUT2D eigenvalue weighted by Gasteiger charge is 2.25. The Hall–Kier alpha value is -0.130. The Morgan fingerprint density at radius 1 is 1.20 bits per heavy atom. The normalized spacial score (nSPS) is 28.7. The van der Waals surface area contributed by atoms with Crippen LogP contribution in [-0.2, 0) is 10.0 Å². The van der Waals surface area contributed by atoms with E-state index in [4.69, 9.17) is 0 Å². The molecule has 1 unspecified atom stereocenters. The smallest absolute Gasteiger partial charge is 0.212 e. The van der Waals surface area contributed by atoms with Crippen molar-refractivity contribution in [3.8, 4) is 0 Å². The summed E-state index contributed by atoms with van der Waals surface area (Å²) in [6.07, 6.45) is 5.49. The molecule has 0 aromatic heterocycles. The molecule has 2 fully saturated rings. The zero-order valence-electron chi connectivity index (χ0n) is 9.04. The van der Waals surface area contributed by atoms with Crippen molar-refractivity contribution in [1.29, 1.82) is 0 Å². The number of sulfonamides is 1. The maximum atomic E-state index is 11.8. The van der Waals surface area contributed by atoms with E-state index in [2.05, 4.69) is 10.0 Å². The molecule has 0 aromatic rings. The largest absolute Gasteiger partial charge is 0.315 e. The Morgan fingerprint density at radius 2 is 1.93 bits per heavy atom. The fourth-order valence-electron chi connectivity index (χ4n) is 2.54. The first kappa shape index (κ1) is 11.4. The van der Waals surface area contributed by atoms with Crippen molar-refractivity contribution in [2.24, 2.45) is 5.92 Å². The summed E-state index contributed by atoms with van der Waals surface area (Å²) < 4.78 is 26.4. The molecule has 0 bridgehead atoms. The lowest BCUT2D eigenvalue weighted by Gasteiger charge is -2.14. The van der Waals surface area contributed by atoms with E-state index in [1.807, 2.05) is 0 Å². The van der Waals surface area contributed by atoms with E-state index in [9.17, 15) is 8.42 Å². The third-order valence-electron chi connectivity index (χ3n) is 3.34. The number of rotatable bonds is 4. The van der Waals surface area contributed by atoms with Gasteiger partial charge in [0.05, 0.1) is 5.75 Å². The fourth-order valence-corrected chi connectivity index (χ4v) is 4.30. The minimum Gasteiger partial charge on any atom is -0.315 e. The second kappa shape index (κ2) is 4.80. The Labute approximate surface area is 91.9 Å². The van der Waals surface area contributed by atoms with E-state index >= 15 is 0 Å². The Balaban J connectivity index is 1.82. The lowest BCUT2D eigenvalue weighted by molar-refractivity contribution is 0.533. The number of hydrogen-bond acceptors (Lipinski definition) is 3. The zero-order chi connectivity index (χ0) is 10.7. The summed E-state index contributed by atoms with van der Waals surface area (Å²) in [5, 5.41) is 3.16. The molecule has 88 valence electrons. The molecule has 1 atom stereocenters. The van der Waals surface area contributed by atoms with E-state index in [0.29, 0.717) is 11.7 Å². The van der Waals surface area contributed by atoms with Gasteiger partial charge in [-0.05, 0) is 31.7 Å². The summed E-state index contributed by atoms with van der Waals surface area (Å²) in [5.74, 6) is 0.737. The van der Waals surface area contributed by atoms with Gasteiger partial charge in [-0.2, -0.15) is 0 Å². The standard InChI is InChI=1S/C10H20N2O2S/c13-15(14,8-9-3-1-2-4-9)12-10-5-6-11-7-10/h9-12H,1-8H2. The average molecular weight is 232 g/mol. The Morgan fingerprint density at radius 3 is 2.53 bits per heavy atom. The van der Waals surface area contributed by atoms with Crippen LogP contribution in [0.4, 0.5) is 0 Å². The van der Waals surface area contributed by atoms with Gasteiger partial charge in [-0.15, -0.1) is 0 Å². The van der Waals surface area contributed by atoms with Crippen LogP contribution in [-0.4, -0.2) is 33.3 Å². The lowest BCUT2D eigenvalue weighted by Crippen LogP contribution is -2.38. The molecule has 15 heavy (non-hydrogen) atoms. The molecule has 1 heterocycles. The lowest BCUT2D eigenvalue weighted by atomic mass is 10.1. The van der Waals surface area contributed by atoms with Gasteiger partial charge in [0.25, 0.3) is 0 Å². The molecule has 0 spiro atoms. The highest BCUT2D eigenvalue weighted by Crippen LogP contribution is 2.25. The number of hydrogen-bond donors (Lipinski definition) is 2. The summed E-state index contributed by atoms with van der Waals surface area (Å²) in [6, 6.07) is 0.122. The predicted molar refractivity (Wildman–Crippen MR) is 60.2 cm³/mol. The SMILES string of the molecule is O=S(=O)(CC1CCCC1)NC1CCNC1. The molecule has 2 N–H and O–H groups in total. The van der Waals surface area contributed by atoms with Crippen LogP contribution < -0.4 is 10.0 Å². The van der Waals surface area contributed by atoms with Crippen molar-refractivity contribution in [1.82, 2.24) is 10.0 Å². The van der Waals surface area contributed by atoms with Crippen molar-refractivity contribution in [3.63, 3.8) is 0 Å². The van der Waals surface area contributed by atoms with Gasteiger partial charge in [0.2, 0.25) is 10.0 Å². The summed E-state index contributed by atoms with van der Waals surface area (Å²) in [5.41, 5.74) is 0. The third-order valence-corrected chi connectivity index (χ3v) is 4.94. The summed E-state index contributed by atoms with van der Waals surface area (Å²) in [4.78, 5) is 0. The van der Waals surface area contributed by atoms with Crippen molar-refractivity contribution < 1.29 is 8.42 Å². The fraction of sp³-hybridized carbons (Fsp3) is 1.00. The van der Waals surface area contributed by atoms with Crippen LogP contribution in [0.1, 0.15) is 32.1 Å². The quantitative estimate of drug-likeness (QED) is 0.740. The van der Waals surface area contributed by atoms with Gasteiger partial charge in [-0.25, -0.2) is 13.1 Å². The molecule has 0 aromatic carbocycles. The minimum absolute atomic E-state index is 0.122. The van der Waals surface area contributed by atoms with Gasteiger partial charge >= 0.3 is 0 Å². The molecule has 2 aliphatic rings.